The van der Waals surface area contributed by atoms with E-state index in [2.05, 4.69) is 15.3 Å². The average Bonchev–Trinajstić information content (AvgIpc) is 2.52. The van der Waals surface area contributed by atoms with Gasteiger partial charge in [0.25, 0.3) is 0 Å². The van der Waals surface area contributed by atoms with Crippen molar-refractivity contribution in [3.05, 3.63) is 71.8 Å². The first-order valence-corrected chi connectivity index (χ1v) is 6.92. The molecule has 0 aliphatic carbocycles. The van der Waals surface area contributed by atoms with Gasteiger partial charge in [-0.3, -0.25) is 4.98 Å². The molecule has 0 fully saturated rings. The molecule has 3 nitrogen and oxygen atoms in total. The summed E-state index contributed by atoms with van der Waals surface area (Å²) >= 11 is 0. The van der Waals surface area contributed by atoms with Crippen molar-refractivity contribution in [1.82, 2.24) is 15.3 Å². The summed E-state index contributed by atoms with van der Waals surface area (Å²) in [6.07, 6.45) is 1.77. The van der Waals surface area contributed by atoms with Crippen molar-refractivity contribution >= 4 is 11.0 Å². The Labute approximate surface area is 122 Å². The van der Waals surface area contributed by atoms with Crippen molar-refractivity contribution in [2.75, 3.05) is 0 Å². The maximum absolute atomic E-state index is 13.2. The van der Waals surface area contributed by atoms with Crippen molar-refractivity contribution in [1.29, 1.82) is 0 Å². The molecule has 1 N–H and O–H groups in total. The van der Waals surface area contributed by atoms with Gasteiger partial charge in [-0.05, 0) is 36.8 Å². The lowest BCUT2D eigenvalue weighted by molar-refractivity contribution is 0.559. The summed E-state index contributed by atoms with van der Waals surface area (Å²) in [6.45, 7) is 2.60. The van der Waals surface area contributed by atoms with Gasteiger partial charge in [0, 0.05) is 12.6 Å². The molecule has 3 aromatic rings. The van der Waals surface area contributed by atoms with Crippen LogP contribution in [0, 0.1) is 5.82 Å². The number of nitrogens with zero attached hydrogens (tertiary/aromatic N) is 2. The molecule has 1 atom stereocenters. The van der Waals surface area contributed by atoms with Crippen LogP contribution in [0.25, 0.3) is 11.0 Å². The zero-order valence-corrected chi connectivity index (χ0v) is 11.8. The van der Waals surface area contributed by atoms with Gasteiger partial charge in [0.15, 0.2) is 0 Å². The first-order valence-electron chi connectivity index (χ1n) is 6.92. The molecular weight excluding hydrogens is 265 g/mol. The molecule has 0 amide bonds. The quantitative estimate of drug-likeness (QED) is 0.793. The second-order valence-electron chi connectivity index (χ2n) is 5.01. The summed E-state index contributed by atoms with van der Waals surface area (Å²) in [5.74, 6) is -0.216. The molecule has 106 valence electrons. The molecule has 0 aliphatic rings. The predicted molar refractivity (Wildman–Crippen MR) is 81.2 cm³/mol. The number of rotatable bonds is 4. The number of aromatic nitrogens is 2. The van der Waals surface area contributed by atoms with Crippen LogP contribution >= 0.6 is 0 Å². The molecule has 0 spiro atoms. The van der Waals surface area contributed by atoms with Gasteiger partial charge in [0.05, 0.1) is 22.9 Å². The highest BCUT2D eigenvalue weighted by molar-refractivity contribution is 5.73. The zero-order valence-electron chi connectivity index (χ0n) is 11.8. The van der Waals surface area contributed by atoms with Gasteiger partial charge in [0.2, 0.25) is 0 Å². The van der Waals surface area contributed by atoms with Gasteiger partial charge in [-0.2, -0.15) is 0 Å². The van der Waals surface area contributed by atoms with Crippen LogP contribution in [0.2, 0.25) is 0 Å². The smallest absolute Gasteiger partial charge is 0.123 e. The van der Waals surface area contributed by atoms with Crippen LogP contribution in [-0.2, 0) is 6.54 Å². The molecule has 2 aromatic carbocycles. The molecule has 0 aliphatic heterocycles. The zero-order chi connectivity index (χ0) is 14.7. The van der Waals surface area contributed by atoms with Crippen LogP contribution in [0.3, 0.4) is 0 Å². The van der Waals surface area contributed by atoms with Crippen LogP contribution in [-0.4, -0.2) is 9.97 Å². The highest BCUT2D eigenvalue weighted by Crippen LogP contribution is 2.14. The minimum Gasteiger partial charge on any atom is -0.305 e. The first-order chi connectivity index (χ1) is 10.2. The molecule has 21 heavy (non-hydrogen) atoms. The van der Waals surface area contributed by atoms with Gasteiger partial charge in [-0.15, -0.1) is 0 Å². The van der Waals surface area contributed by atoms with E-state index in [1.54, 1.807) is 18.3 Å². The van der Waals surface area contributed by atoms with E-state index >= 15 is 0 Å². The fourth-order valence-corrected chi connectivity index (χ4v) is 2.23. The van der Waals surface area contributed by atoms with E-state index in [4.69, 9.17) is 0 Å². The minimum absolute atomic E-state index is 0.0500. The normalized spacial score (nSPS) is 12.5. The van der Waals surface area contributed by atoms with Crippen molar-refractivity contribution in [2.24, 2.45) is 0 Å². The van der Waals surface area contributed by atoms with Crippen molar-refractivity contribution in [3.8, 4) is 0 Å². The Morgan fingerprint density at radius 2 is 1.90 bits per heavy atom. The number of hydrogen-bond donors (Lipinski definition) is 1. The number of halogens is 1. The third-order valence-electron chi connectivity index (χ3n) is 3.44. The van der Waals surface area contributed by atoms with Crippen LogP contribution in [0.1, 0.15) is 24.2 Å². The molecule has 4 heteroatoms. The molecule has 0 radical (unpaired) electrons. The molecule has 0 bridgehead atoms. The SMILES string of the molecule is C[C@H](NCc1cnc2ccccc2n1)c1cccc(F)c1. The number of hydrogen-bond acceptors (Lipinski definition) is 3. The fourth-order valence-electron chi connectivity index (χ4n) is 2.23. The summed E-state index contributed by atoms with van der Waals surface area (Å²) in [4.78, 5) is 8.94. The average molecular weight is 281 g/mol. The Morgan fingerprint density at radius 1 is 1.10 bits per heavy atom. The summed E-state index contributed by atoms with van der Waals surface area (Å²) in [5.41, 5.74) is 3.57. The monoisotopic (exact) mass is 281 g/mol. The lowest BCUT2D eigenvalue weighted by Crippen LogP contribution is -2.19. The highest BCUT2D eigenvalue weighted by atomic mass is 19.1. The Bertz CT molecular complexity index is 758. The van der Waals surface area contributed by atoms with Crippen molar-refractivity contribution < 1.29 is 4.39 Å². The molecule has 1 aromatic heterocycles. The van der Waals surface area contributed by atoms with Gasteiger partial charge >= 0.3 is 0 Å². The molecule has 3 rings (SSSR count). The summed E-state index contributed by atoms with van der Waals surface area (Å²) < 4.78 is 13.2. The van der Waals surface area contributed by atoms with Crippen LogP contribution < -0.4 is 5.32 Å². The third-order valence-corrected chi connectivity index (χ3v) is 3.44. The molecular formula is C17H16FN3. The molecule has 0 saturated carbocycles. The number of benzene rings is 2. The second-order valence-corrected chi connectivity index (χ2v) is 5.01. The number of nitrogens with one attached hydrogen (secondary N) is 1. The first kappa shape index (κ1) is 13.6. The van der Waals surface area contributed by atoms with E-state index in [1.807, 2.05) is 37.3 Å². The van der Waals surface area contributed by atoms with E-state index in [0.29, 0.717) is 6.54 Å². The standard InChI is InChI=1S/C17H16FN3/c1-12(13-5-4-6-14(18)9-13)19-10-15-11-20-16-7-2-3-8-17(16)21-15/h2-9,11-12,19H,10H2,1H3/t12-/m0/s1. The van der Waals surface area contributed by atoms with Crippen LogP contribution in [0.15, 0.2) is 54.7 Å². The molecule has 1 heterocycles. The van der Waals surface area contributed by atoms with E-state index < -0.39 is 0 Å². The van der Waals surface area contributed by atoms with Gasteiger partial charge in [0.1, 0.15) is 5.82 Å². The molecule has 0 unspecified atom stereocenters. The van der Waals surface area contributed by atoms with Crippen LogP contribution in [0.4, 0.5) is 4.39 Å². The van der Waals surface area contributed by atoms with Gasteiger partial charge in [-0.25, -0.2) is 9.37 Å². The fraction of sp³-hybridized carbons (Fsp3) is 0.176. The number of para-hydroxylation sites is 2. The summed E-state index contributed by atoms with van der Waals surface area (Å²) in [7, 11) is 0. The molecule has 0 saturated heterocycles. The Kier molecular flexibility index (Phi) is 3.88. The largest absolute Gasteiger partial charge is 0.305 e. The Hall–Kier alpha value is -2.33. The highest BCUT2D eigenvalue weighted by Gasteiger charge is 2.07. The second kappa shape index (κ2) is 5.97. The maximum Gasteiger partial charge on any atom is 0.123 e. The summed E-state index contributed by atoms with van der Waals surface area (Å²) in [5, 5.41) is 3.34. The van der Waals surface area contributed by atoms with E-state index in [9.17, 15) is 4.39 Å². The summed E-state index contributed by atoms with van der Waals surface area (Å²) in [6, 6.07) is 14.5. The Morgan fingerprint density at radius 3 is 2.71 bits per heavy atom. The third kappa shape index (κ3) is 3.23. The topological polar surface area (TPSA) is 37.8 Å². The Balaban J connectivity index is 1.71. The predicted octanol–water partition coefficient (Wildman–Crippen LogP) is 3.62. The van der Waals surface area contributed by atoms with E-state index in [0.717, 1.165) is 22.3 Å². The van der Waals surface area contributed by atoms with E-state index in [1.165, 1.54) is 6.07 Å². The lowest BCUT2D eigenvalue weighted by Gasteiger charge is -2.14. The van der Waals surface area contributed by atoms with Gasteiger partial charge in [-0.1, -0.05) is 24.3 Å². The minimum atomic E-state index is -0.216. The van der Waals surface area contributed by atoms with Gasteiger partial charge < -0.3 is 5.32 Å². The van der Waals surface area contributed by atoms with Crippen molar-refractivity contribution in [2.45, 2.75) is 19.5 Å². The number of fused-ring (bicyclic) bond motifs is 1. The van der Waals surface area contributed by atoms with Crippen molar-refractivity contribution in [3.63, 3.8) is 0 Å². The van der Waals surface area contributed by atoms with Crippen LogP contribution in [0.5, 0.6) is 0 Å². The maximum atomic E-state index is 13.2. The van der Waals surface area contributed by atoms with E-state index in [-0.39, 0.29) is 11.9 Å². The lowest BCUT2D eigenvalue weighted by atomic mass is 10.1.